The summed E-state index contributed by atoms with van der Waals surface area (Å²) in [4.78, 5) is 11.9. The van der Waals surface area contributed by atoms with Gasteiger partial charge < -0.3 is 14.8 Å². The third-order valence-corrected chi connectivity index (χ3v) is 4.74. The van der Waals surface area contributed by atoms with E-state index in [1.807, 2.05) is 0 Å². The smallest absolute Gasteiger partial charge is 0.416 e. The van der Waals surface area contributed by atoms with Gasteiger partial charge in [-0.1, -0.05) is 0 Å². The lowest BCUT2D eigenvalue weighted by Crippen LogP contribution is -2.24. The molecule has 2 aromatic rings. The lowest BCUT2D eigenvalue weighted by molar-refractivity contribution is -0.137. The van der Waals surface area contributed by atoms with Crippen molar-refractivity contribution in [3.63, 3.8) is 0 Å². The number of nitrogens with zero attached hydrogens (tertiary/aromatic N) is 1. The number of methoxy groups -OCH3 is 1. The molecule has 2 aromatic carbocycles. The van der Waals surface area contributed by atoms with Gasteiger partial charge in [0, 0.05) is 11.6 Å². The molecule has 9 heteroatoms. The first-order valence-electron chi connectivity index (χ1n) is 9.02. The van der Waals surface area contributed by atoms with Gasteiger partial charge in [-0.15, -0.1) is 5.10 Å². The van der Waals surface area contributed by atoms with Crippen LogP contribution in [0.1, 0.15) is 34.3 Å². The Morgan fingerprint density at radius 1 is 1.21 bits per heavy atom. The van der Waals surface area contributed by atoms with Crippen LogP contribution in [-0.2, 0) is 15.7 Å². The minimum absolute atomic E-state index is 0.217. The molecule has 4 rings (SSSR count). The van der Waals surface area contributed by atoms with E-state index in [4.69, 9.17) is 9.47 Å². The summed E-state index contributed by atoms with van der Waals surface area (Å²) in [5.41, 5.74) is 4.01. The zero-order chi connectivity index (χ0) is 20.6. The second-order valence-corrected chi connectivity index (χ2v) is 6.87. The molecule has 0 amide bonds. The van der Waals surface area contributed by atoms with Crippen molar-refractivity contribution < 1.29 is 27.4 Å². The molecule has 1 fully saturated rings. The van der Waals surface area contributed by atoms with Gasteiger partial charge in [0.15, 0.2) is 6.23 Å². The number of ether oxygens (including phenoxy) is 2. The zero-order valence-electron chi connectivity index (χ0n) is 15.4. The van der Waals surface area contributed by atoms with Crippen molar-refractivity contribution in [1.82, 2.24) is 5.43 Å². The van der Waals surface area contributed by atoms with Crippen LogP contribution in [0.5, 0.6) is 0 Å². The molecule has 0 radical (unpaired) electrons. The normalized spacial score (nSPS) is 18.5. The van der Waals surface area contributed by atoms with Crippen LogP contribution in [0.3, 0.4) is 0 Å². The van der Waals surface area contributed by atoms with Crippen molar-refractivity contribution in [2.75, 3.05) is 12.4 Å². The van der Waals surface area contributed by atoms with E-state index in [0.717, 1.165) is 25.0 Å². The van der Waals surface area contributed by atoms with Crippen molar-refractivity contribution in [3.05, 3.63) is 59.2 Å². The number of hydrogen-bond acceptors (Lipinski definition) is 6. The van der Waals surface area contributed by atoms with Gasteiger partial charge in [0.2, 0.25) is 5.90 Å². The minimum atomic E-state index is -4.40. The van der Waals surface area contributed by atoms with Crippen molar-refractivity contribution in [2.45, 2.75) is 25.2 Å². The molecule has 2 N–H and O–H groups in total. The van der Waals surface area contributed by atoms with Crippen LogP contribution in [0.2, 0.25) is 0 Å². The number of benzene rings is 2. The van der Waals surface area contributed by atoms with E-state index in [0.29, 0.717) is 34.3 Å². The van der Waals surface area contributed by atoms with Crippen molar-refractivity contribution >= 4 is 23.2 Å². The molecule has 1 heterocycles. The van der Waals surface area contributed by atoms with Gasteiger partial charge in [-0.25, -0.2) is 4.79 Å². The topological polar surface area (TPSA) is 72.0 Å². The summed E-state index contributed by atoms with van der Waals surface area (Å²) in [6.07, 6.45) is -2.51. The standard InChI is InChI=1S/C20H18F3N3O3/c1-28-19(27)12-4-9-16(24-14-7-5-13(6-8-14)20(21,22)23)15(10-12)18-26-25-17(29-18)11-2-3-11/h4-11,17,24-25H,2-3H2,1H3. The highest BCUT2D eigenvalue weighted by Gasteiger charge is 2.37. The van der Waals surface area contributed by atoms with E-state index in [9.17, 15) is 18.0 Å². The molecule has 152 valence electrons. The summed E-state index contributed by atoms with van der Waals surface area (Å²) < 4.78 is 49.0. The molecule has 6 nitrogen and oxygen atoms in total. The lowest BCUT2D eigenvalue weighted by atomic mass is 10.1. The molecule has 1 unspecified atom stereocenters. The van der Waals surface area contributed by atoms with Crippen molar-refractivity contribution in [2.24, 2.45) is 11.0 Å². The molecule has 0 spiro atoms. The summed E-state index contributed by atoms with van der Waals surface area (Å²) >= 11 is 0. The fourth-order valence-corrected chi connectivity index (χ4v) is 2.99. The van der Waals surface area contributed by atoms with Crippen LogP contribution in [0.15, 0.2) is 47.6 Å². The van der Waals surface area contributed by atoms with E-state index >= 15 is 0 Å². The van der Waals surface area contributed by atoms with E-state index < -0.39 is 17.7 Å². The average Bonchev–Trinajstić information content (AvgIpc) is 3.44. The molecule has 1 aliphatic carbocycles. The Hall–Kier alpha value is -3.23. The Bertz CT molecular complexity index is 954. The number of alkyl halides is 3. The number of rotatable bonds is 5. The number of hydrazone groups is 1. The minimum Gasteiger partial charge on any atom is -0.465 e. The lowest BCUT2D eigenvalue weighted by Gasteiger charge is -2.15. The molecule has 1 saturated carbocycles. The first-order valence-corrected chi connectivity index (χ1v) is 9.02. The van der Waals surface area contributed by atoms with Gasteiger partial charge in [0.05, 0.1) is 29.5 Å². The maximum Gasteiger partial charge on any atom is 0.416 e. The second kappa shape index (κ2) is 7.31. The highest BCUT2D eigenvalue weighted by Crippen LogP contribution is 2.36. The molecular formula is C20H18F3N3O3. The summed E-state index contributed by atoms with van der Waals surface area (Å²) in [6.45, 7) is 0. The molecule has 0 aromatic heterocycles. The first-order chi connectivity index (χ1) is 13.8. The third-order valence-electron chi connectivity index (χ3n) is 4.74. The van der Waals surface area contributed by atoms with E-state index in [1.165, 1.54) is 19.2 Å². The van der Waals surface area contributed by atoms with Crippen LogP contribution in [0.25, 0.3) is 0 Å². The molecule has 0 bridgehead atoms. The zero-order valence-corrected chi connectivity index (χ0v) is 15.4. The summed E-state index contributed by atoms with van der Waals surface area (Å²) in [5, 5.41) is 7.29. The number of carbonyl (C=O) groups excluding carboxylic acids is 1. The van der Waals surface area contributed by atoms with Gasteiger partial charge >= 0.3 is 12.1 Å². The fraction of sp³-hybridized carbons (Fsp3) is 0.300. The predicted molar refractivity (Wildman–Crippen MR) is 99.8 cm³/mol. The second-order valence-electron chi connectivity index (χ2n) is 6.87. The Morgan fingerprint density at radius 3 is 2.55 bits per heavy atom. The van der Waals surface area contributed by atoms with Crippen molar-refractivity contribution in [1.29, 1.82) is 0 Å². The summed E-state index contributed by atoms with van der Waals surface area (Å²) in [6, 6.07) is 9.44. The molecule has 2 aliphatic rings. The van der Waals surface area contributed by atoms with E-state index in [2.05, 4.69) is 15.8 Å². The molecule has 1 atom stereocenters. The average molecular weight is 405 g/mol. The van der Waals surface area contributed by atoms with Crippen LogP contribution >= 0.6 is 0 Å². The van der Waals surface area contributed by atoms with E-state index in [-0.39, 0.29) is 6.23 Å². The predicted octanol–water partition coefficient (Wildman–Crippen LogP) is 4.25. The maximum atomic E-state index is 12.8. The number of carbonyl (C=O) groups is 1. The summed E-state index contributed by atoms with van der Waals surface area (Å²) in [7, 11) is 1.28. The van der Waals surface area contributed by atoms with Crippen LogP contribution < -0.4 is 10.7 Å². The fourth-order valence-electron chi connectivity index (χ4n) is 2.99. The number of halogens is 3. The van der Waals surface area contributed by atoms with Crippen LogP contribution in [0, 0.1) is 5.92 Å². The highest BCUT2D eigenvalue weighted by molar-refractivity contribution is 6.03. The van der Waals surface area contributed by atoms with Gasteiger partial charge in [-0.3, -0.25) is 5.43 Å². The largest absolute Gasteiger partial charge is 0.465 e. The molecule has 29 heavy (non-hydrogen) atoms. The Balaban J connectivity index is 1.62. The number of anilines is 2. The number of nitrogens with one attached hydrogen (secondary N) is 2. The first kappa shape index (κ1) is 19.1. The SMILES string of the molecule is COC(=O)c1ccc(Nc2ccc(C(F)(F)F)cc2)c(C2=NNC(C3CC3)O2)c1. The van der Waals surface area contributed by atoms with Gasteiger partial charge in [-0.2, -0.15) is 13.2 Å². The maximum absolute atomic E-state index is 12.8. The Kier molecular flexibility index (Phi) is 4.81. The summed E-state index contributed by atoms with van der Waals surface area (Å²) in [5.74, 6) is 0.186. The van der Waals surface area contributed by atoms with E-state index in [1.54, 1.807) is 18.2 Å². The quantitative estimate of drug-likeness (QED) is 0.728. The molecular weight excluding hydrogens is 387 g/mol. The van der Waals surface area contributed by atoms with Crippen molar-refractivity contribution in [3.8, 4) is 0 Å². The molecule has 1 aliphatic heterocycles. The Labute approximate surface area is 164 Å². The van der Waals surface area contributed by atoms with Crippen LogP contribution in [-0.4, -0.2) is 25.2 Å². The highest BCUT2D eigenvalue weighted by atomic mass is 19.4. The van der Waals surface area contributed by atoms with Gasteiger partial charge in [0.1, 0.15) is 0 Å². The van der Waals surface area contributed by atoms with Crippen LogP contribution in [0.4, 0.5) is 24.5 Å². The molecule has 0 saturated heterocycles. The van der Waals surface area contributed by atoms with Gasteiger partial charge in [0.25, 0.3) is 0 Å². The Morgan fingerprint density at radius 2 is 1.93 bits per heavy atom. The third kappa shape index (κ3) is 4.13. The monoisotopic (exact) mass is 405 g/mol. The number of esters is 1. The van der Waals surface area contributed by atoms with Gasteiger partial charge in [-0.05, 0) is 55.3 Å². The number of hydrogen-bond donors (Lipinski definition) is 2.